The van der Waals surface area contributed by atoms with E-state index < -0.39 is 0 Å². The molecule has 1 heterocycles. The average molecular weight is 351 g/mol. The standard InChI is InChI=1S/C20H21N3O3/c1-26-16-8-6-15(7-9-16)10-12-21-19(24)11-13-23-14-22-18-5-3-2-4-17(18)20(23)25/h2-9,14H,10-13H2,1H3,(H,21,24). The number of hydrogen-bond donors (Lipinski definition) is 1. The Hall–Kier alpha value is -3.15. The lowest BCUT2D eigenvalue weighted by Crippen LogP contribution is -2.29. The molecule has 3 rings (SSSR count). The van der Waals surface area contributed by atoms with Crippen molar-refractivity contribution >= 4 is 16.8 Å². The van der Waals surface area contributed by atoms with Crippen molar-refractivity contribution in [1.82, 2.24) is 14.9 Å². The highest BCUT2D eigenvalue weighted by atomic mass is 16.5. The van der Waals surface area contributed by atoms with Gasteiger partial charge in [0.15, 0.2) is 0 Å². The number of aryl methyl sites for hydroxylation is 1. The topological polar surface area (TPSA) is 73.2 Å². The van der Waals surface area contributed by atoms with Gasteiger partial charge in [-0.2, -0.15) is 0 Å². The number of amides is 1. The zero-order valence-electron chi connectivity index (χ0n) is 14.6. The average Bonchev–Trinajstić information content (AvgIpc) is 2.68. The van der Waals surface area contributed by atoms with Gasteiger partial charge in [-0.3, -0.25) is 14.2 Å². The van der Waals surface area contributed by atoms with E-state index in [0.717, 1.165) is 17.7 Å². The van der Waals surface area contributed by atoms with Crippen molar-refractivity contribution in [3.63, 3.8) is 0 Å². The van der Waals surface area contributed by atoms with Crippen LogP contribution in [0.1, 0.15) is 12.0 Å². The number of carbonyl (C=O) groups is 1. The number of benzene rings is 2. The fourth-order valence-electron chi connectivity index (χ4n) is 2.71. The van der Waals surface area contributed by atoms with E-state index >= 15 is 0 Å². The number of para-hydroxylation sites is 1. The highest BCUT2D eigenvalue weighted by molar-refractivity contribution is 5.77. The third-order valence-corrected chi connectivity index (χ3v) is 4.21. The fourth-order valence-corrected chi connectivity index (χ4v) is 2.71. The number of ether oxygens (including phenoxy) is 1. The highest BCUT2D eigenvalue weighted by Gasteiger charge is 2.06. The van der Waals surface area contributed by atoms with Gasteiger partial charge >= 0.3 is 0 Å². The Balaban J connectivity index is 1.49. The Labute approximate surface area is 151 Å². The molecule has 0 radical (unpaired) electrons. The normalized spacial score (nSPS) is 10.7. The summed E-state index contributed by atoms with van der Waals surface area (Å²) in [6.07, 6.45) is 2.48. The summed E-state index contributed by atoms with van der Waals surface area (Å²) >= 11 is 0. The molecule has 6 nitrogen and oxygen atoms in total. The summed E-state index contributed by atoms with van der Waals surface area (Å²) in [5.74, 6) is 0.728. The number of carbonyl (C=O) groups excluding carboxylic acids is 1. The quantitative estimate of drug-likeness (QED) is 0.708. The van der Waals surface area contributed by atoms with Gasteiger partial charge < -0.3 is 10.1 Å². The number of aromatic nitrogens is 2. The summed E-state index contributed by atoms with van der Waals surface area (Å²) in [7, 11) is 1.63. The minimum absolute atomic E-state index is 0.0847. The largest absolute Gasteiger partial charge is 0.497 e. The molecule has 0 aliphatic heterocycles. The third kappa shape index (κ3) is 4.27. The molecule has 0 aliphatic carbocycles. The first-order valence-corrected chi connectivity index (χ1v) is 8.51. The van der Waals surface area contributed by atoms with E-state index in [4.69, 9.17) is 4.74 Å². The summed E-state index contributed by atoms with van der Waals surface area (Å²) < 4.78 is 6.60. The van der Waals surface area contributed by atoms with Gasteiger partial charge in [0.05, 0.1) is 24.3 Å². The number of hydrogen-bond acceptors (Lipinski definition) is 4. The minimum Gasteiger partial charge on any atom is -0.497 e. The molecule has 0 fully saturated rings. The van der Waals surface area contributed by atoms with Crippen LogP contribution < -0.4 is 15.6 Å². The first-order chi connectivity index (χ1) is 12.7. The molecule has 0 aliphatic rings. The van der Waals surface area contributed by atoms with E-state index in [2.05, 4.69) is 10.3 Å². The van der Waals surface area contributed by atoms with Crippen LogP contribution >= 0.6 is 0 Å². The Morgan fingerprint density at radius 2 is 1.92 bits per heavy atom. The summed E-state index contributed by atoms with van der Waals surface area (Å²) in [4.78, 5) is 28.6. The van der Waals surface area contributed by atoms with E-state index in [1.807, 2.05) is 36.4 Å². The molecule has 1 aromatic heterocycles. The molecule has 0 unspecified atom stereocenters. The number of nitrogens with zero attached hydrogens (tertiary/aromatic N) is 2. The van der Waals surface area contributed by atoms with Crippen molar-refractivity contribution in [2.75, 3.05) is 13.7 Å². The minimum atomic E-state index is -0.123. The first kappa shape index (κ1) is 17.7. The van der Waals surface area contributed by atoms with Crippen LogP contribution in [0, 0.1) is 0 Å². The molecule has 0 saturated carbocycles. The summed E-state index contributed by atoms with van der Waals surface area (Å²) in [5.41, 5.74) is 1.67. The fraction of sp³-hybridized carbons (Fsp3) is 0.250. The van der Waals surface area contributed by atoms with Crippen molar-refractivity contribution in [3.05, 3.63) is 70.8 Å². The molecule has 0 atom stereocenters. The van der Waals surface area contributed by atoms with Crippen molar-refractivity contribution in [2.24, 2.45) is 0 Å². The van der Waals surface area contributed by atoms with Gasteiger partial charge in [-0.05, 0) is 36.2 Å². The first-order valence-electron chi connectivity index (χ1n) is 8.51. The molecule has 6 heteroatoms. The Bertz CT molecular complexity index is 948. The van der Waals surface area contributed by atoms with Crippen molar-refractivity contribution in [2.45, 2.75) is 19.4 Å². The predicted molar refractivity (Wildman–Crippen MR) is 100 cm³/mol. The number of rotatable bonds is 7. The Morgan fingerprint density at radius 1 is 1.15 bits per heavy atom. The second kappa shape index (κ2) is 8.29. The van der Waals surface area contributed by atoms with Gasteiger partial charge in [-0.15, -0.1) is 0 Å². The van der Waals surface area contributed by atoms with Gasteiger partial charge in [0.1, 0.15) is 5.75 Å². The van der Waals surface area contributed by atoms with Gasteiger partial charge in [-0.1, -0.05) is 24.3 Å². The Kier molecular flexibility index (Phi) is 5.63. The van der Waals surface area contributed by atoms with Crippen LogP contribution in [-0.2, 0) is 17.8 Å². The van der Waals surface area contributed by atoms with Crippen LogP contribution in [0.3, 0.4) is 0 Å². The van der Waals surface area contributed by atoms with Crippen LogP contribution in [0.5, 0.6) is 5.75 Å². The van der Waals surface area contributed by atoms with E-state index in [1.54, 1.807) is 19.2 Å². The molecule has 0 saturated heterocycles. The maximum Gasteiger partial charge on any atom is 0.261 e. The third-order valence-electron chi connectivity index (χ3n) is 4.21. The van der Waals surface area contributed by atoms with Crippen molar-refractivity contribution in [1.29, 1.82) is 0 Å². The summed E-state index contributed by atoms with van der Waals surface area (Å²) in [5, 5.41) is 3.45. The maximum atomic E-state index is 12.4. The maximum absolute atomic E-state index is 12.4. The van der Waals surface area contributed by atoms with Crippen LogP contribution in [0.25, 0.3) is 10.9 Å². The SMILES string of the molecule is COc1ccc(CCNC(=O)CCn2cnc3ccccc3c2=O)cc1. The molecule has 1 amide bonds. The second-order valence-corrected chi connectivity index (χ2v) is 5.96. The van der Waals surface area contributed by atoms with Crippen LogP contribution in [0.4, 0.5) is 0 Å². The van der Waals surface area contributed by atoms with Crippen molar-refractivity contribution in [3.8, 4) is 5.75 Å². The van der Waals surface area contributed by atoms with E-state index in [1.165, 1.54) is 10.9 Å². The molecular formula is C20H21N3O3. The lowest BCUT2D eigenvalue weighted by atomic mass is 10.1. The lowest BCUT2D eigenvalue weighted by molar-refractivity contribution is -0.121. The number of nitrogens with one attached hydrogen (secondary N) is 1. The second-order valence-electron chi connectivity index (χ2n) is 5.96. The lowest BCUT2D eigenvalue weighted by Gasteiger charge is -2.08. The zero-order valence-corrected chi connectivity index (χ0v) is 14.6. The van der Waals surface area contributed by atoms with Crippen LogP contribution in [-0.4, -0.2) is 29.1 Å². The van der Waals surface area contributed by atoms with E-state index in [0.29, 0.717) is 24.0 Å². The van der Waals surface area contributed by atoms with E-state index in [-0.39, 0.29) is 17.9 Å². The molecule has 134 valence electrons. The zero-order chi connectivity index (χ0) is 18.4. The predicted octanol–water partition coefficient (Wildman–Crippen LogP) is 2.15. The summed E-state index contributed by atoms with van der Waals surface area (Å²) in [6.45, 7) is 0.862. The molecule has 0 spiro atoms. The van der Waals surface area contributed by atoms with Crippen molar-refractivity contribution < 1.29 is 9.53 Å². The number of methoxy groups -OCH3 is 1. The van der Waals surface area contributed by atoms with Gasteiger partial charge in [0, 0.05) is 19.5 Å². The molecule has 0 bridgehead atoms. The van der Waals surface area contributed by atoms with Crippen LogP contribution in [0.2, 0.25) is 0 Å². The molecule has 2 aromatic carbocycles. The molecule has 1 N–H and O–H groups in total. The van der Waals surface area contributed by atoms with Gasteiger partial charge in [0.2, 0.25) is 5.91 Å². The summed E-state index contributed by atoms with van der Waals surface area (Å²) in [6, 6.07) is 14.9. The molecular weight excluding hydrogens is 330 g/mol. The Morgan fingerprint density at radius 3 is 2.69 bits per heavy atom. The van der Waals surface area contributed by atoms with Gasteiger partial charge in [0.25, 0.3) is 5.56 Å². The molecule has 3 aromatic rings. The monoisotopic (exact) mass is 351 g/mol. The van der Waals surface area contributed by atoms with Crippen LogP contribution in [0.15, 0.2) is 59.7 Å². The van der Waals surface area contributed by atoms with E-state index in [9.17, 15) is 9.59 Å². The number of fused-ring (bicyclic) bond motifs is 1. The smallest absolute Gasteiger partial charge is 0.261 e. The van der Waals surface area contributed by atoms with Gasteiger partial charge in [-0.25, -0.2) is 4.98 Å². The molecule has 26 heavy (non-hydrogen) atoms. The highest BCUT2D eigenvalue weighted by Crippen LogP contribution is 2.11.